The maximum atomic E-state index is 5.71. The van der Waals surface area contributed by atoms with Crippen LogP contribution < -0.4 is 19.6 Å². The van der Waals surface area contributed by atoms with Crippen LogP contribution in [-0.4, -0.2) is 23.2 Å². The maximum absolute atomic E-state index is 5.71. The van der Waals surface area contributed by atoms with Crippen LogP contribution in [0.3, 0.4) is 0 Å². The molecule has 1 aromatic heterocycles. The maximum Gasteiger partial charge on any atom is 0.222 e. The average Bonchev–Trinajstić information content (AvgIpc) is 2.60. The van der Waals surface area contributed by atoms with E-state index in [1.54, 1.807) is 0 Å². The smallest absolute Gasteiger partial charge is 0.222 e. The lowest BCUT2D eigenvalue weighted by molar-refractivity contribution is 0.171. The van der Waals surface area contributed by atoms with Crippen molar-refractivity contribution in [2.45, 2.75) is 0 Å². The highest BCUT2D eigenvalue weighted by Gasteiger charge is 2.13. The molecule has 23 heavy (non-hydrogen) atoms. The molecule has 6 nitrogen and oxygen atoms in total. The number of nitrogens with one attached hydrogen (secondary N) is 1. The molecule has 0 aliphatic carbocycles. The second kappa shape index (κ2) is 5.58. The predicted molar refractivity (Wildman–Crippen MR) is 92.9 cm³/mol. The van der Waals surface area contributed by atoms with E-state index in [9.17, 15) is 0 Å². The van der Waals surface area contributed by atoms with Gasteiger partial charge in [0.15, 0.2) is 11.5 Å². The molecule has 7 heteroatoms. The van der Waals surface area contributed by atoms with E-state index in [2.05, 4.69) is 30.5 Å². The van der Waals surface area contributed by atoms with Gasteiger partial charge in [-0.15, -0.1) is 0 Å². The van der Waals surface area contributed by atoms with E-state index < -0.39 is 0 Å². The minimum atomic E-state index is 0.228. The van der Waals surface area contributed by atoms with Crippen molar-refractivity contribution in [1.82, 2.24) is 9.97 Å². The van der Waals surface area contributed by atoms with Crippen LogP contribution in [0, 0.1) is 0 Å². The minimum Gasteiger partial charge on any atom is -0.486 e. The number of fused-ring (bicyclic) bond motifs is 2. The monoisotopic (exact) mass is 372 g/mol. The van der Waals surface area contributed by atoms with E-state index in [1.807, 2.05) is 36.4 Å². The van der Waals surface area contributed by atoms with E-state index in [1.165, 1.54) is 0 Å². The van der Waals surface area contributed by atoms with Gasteiger partial charge in [0.1, 0.15) is 19.0 Å². The molecule has 0 radical (unpaired) electrons. The Morgan fingerprint density at radius 3 is 2.52 bits per heavy atom. The molecule has 0 amide bonds. The summed E-state index contributed by atoms with van der Waals surface area (Å²) in [5, 5.41) is 0.878. The summed E-state index contributed by atoms with van der Waals surface area (Å²) in [6, 6.07) is 11.9. The summed E-state index contributed by atoms with van der Waals surface area (Å²) < 4.78 is 14.1. The van der Waals surface area contributed by atoms with Crippen molar-refractivity contribution in [2.24, 2.45) is 0 Å². The van der Waals surface area contributed by atoms with Crippen LogP contribution >= 0.6 is 16.1 Å². The molecule has 0 atom stereocenters. The van der Waals surface area contributed by atoms with E-state index >= 15 is 0 Å². The Morgan fingerprint density at radius 1 is 0.957 bits per heavy atom. The highest BCUT2D eigenvalue weighted by Crippen LogP contribution is 2.36. The highest BCUT2D eigenvalue weighted by molar-refractivity contribution is 9.10. The lowest BCUT2D eigenvalue weighted by Crippen LogP contribution is -2.15. The fourth-order valence-corrected chi connectivity index (χ4v) is 2.92. The van der Waals surface area contributed by atoms with Crippen molar-refractivity contribution in [1.29, 1.82) is 0 Å². The molecule has 116 valence electrons. The molecule has 1 aliphatic heterocycles. The predicted octanol–water partition coefficient (Wildman–Crippen LogP) is 3.37. The number of aromatic nitrogens is 2. The lowest BCUT2D eigenvalue weighted by atomic mass is 10.0. The summed E-state index contributed by atoms with van der Waals surface area (Å²) in [7, 11) is 0. The fraction of sp³-hybridized carbons (Fsp3) is 0.125. The summed E-state index contributed by atoms with van der Waals surface area (Å²) in [5.41, 5.74) is 8.56. The standard InChI is InChI=1S/C16H13BrN4O2/c17-21-15-11-7-9(1-3-12(11)19-16(18)20-15)10-2-4-13-14(8-10)23-6-5-22-13/h1-4,7-8H,5-6H2,(H3,18,19,20,21). The van der Waals surface area contributed by atoms with Gasteiger partial charge in [0, 0.05) is 21.5 Å². The van der Waals surface area contributed by atoms with Gasteiger partial charge in [0.05, 0.1) is 5.52 Å². The first-order valence-electron chi connectivity index (χ1n) is 7.08. The molecule has 2 heterocycles. The number of hydrogen-bond acceptors (Lipinski definition) is 6. The Labute approximate surface area is 141 Å². The molecule has 0 spiro atoms. The third-order valence-corrected chi connectivity index (χ3v) is 4.05. The number of rotatable bonds is 2. The van der Waals surface area contributed by atoms with Crippen LogP contribution in [0.4, 0.5) is 11.8 Å². The van der Waals surface area contributed by atoms with E-state index in [4.69, 9.17) is 15.2 Å². The highest BCUT2D eigenvalue weighted by atomic mass is 79.9. The summed E-state index contributed by atoms with van der Waals surface area (Å²) in [6.45, 7) is 1.15. The molecule has 0 fully saturated rings. The van der Waals surface area contributed by atoms with E-state index in [0.717, 1.165) is 33.5 Å². The van der Waals surface area contributed by atoms with Gasteiger partial charge in [0.2, 0.25) is 5.95 Å². The number of nitrogens with zero attached hydrogens (tertiary/aromatic N) is 2. The van der Waals surface area contributed by atoms with Gasteiger partial charge >= 0.3 is 0 Å². The SMILES string of the molecule is Nc1nc(NBr)c2cc(-c3ccc4c(c3)OCCO4)ccc2n1. The van der Waals surface area contributed by atoms with Crippen molar-refractivity contribution in [3.05, 3.63) is 36.4 Å². The molecule has 2 aromatic carbocycles. The van der Waals surface area contributed by atoms with Crippen molar-refractivity contribution in [2.75, 3.05) is 23.3 Å². The first-order valence-corrected chi connectivity index (χ1v) is 7.88. The van der Waals surface area contributed by atoms with Gasteiger partial charge in [-0.25, -0.2) is 4.98 Å². The van der Waals surface area contributed by atoms with Gasteiger partial charge in [-0.05, 0) is 35.4 Å². The Bertz CT molecular complexity index is 901. The molecular formula is C16H13BrN4O2. The van der Waals surface area contributed by atoms with Gasteiger partial charge in [-0.2, -0.15) is 4.98 Å². The molecular weight excluding hydrogens is 360 g/mol. The number of halogens is 1. The summed E-state index contributed by atoms with van der Waals surface area (Å²) in [6.07, 6.45) is 0. The molecule has 4 rings (SSSR count). The number of nitrogen functional groups attached to an aromatic ring is 1. The van der Waals surface area contributed by atoms with Crippen LogP contribution in [0.2, 0.25) is 0 Å². The summed E-state index contributed by atoms with van der Waals surface area (Å²) in [5.74, 6) is 2.40. The summed E-state index contributed by atoms with van der Waals surface area (Å²) >= 11 is 3.21. The normalized spacial score (nSPS) is 13.1. The zero-order valence-corrected chi connectivity index (χ0v) is 13.6. The second-order valence-corrected chi connectivity index (χ2v) is 5.51. The minimum absolute atomic E-state index is 0.228. The number of nitrogens with two attached hydrogens (primary N) is 1. The van der Waals surface area contributed by atoms with Crippen molar-refractivity contribution in [3.63, 3.8) is 0 Å². The number of hydrogen-bond donors (Lipinski definition) is 2. The molecule has 0 saturated heterocycles. The third kappa shape index (κ3) is 2.53. The van der Waals surface area contributed by atoms with E-state index in [-0.39, 0.29) is 5.95 Å². The lowest BCUT2D eigenvalue weighted by Gasteiger charge is -2.19. The molecule has 0 bridgehead atoms. The average molecular weight is 373 g/mol. The second-order valence-electron chi connectivity index (χ2n) is 5.12. The van der Waals surface area contributed by atoms with Crippen LogP contribution in [0.5, 0.6) is 11.5 Å². The van der Waals surface area contributed by atoms with Gasteiger partial charge in [-0.1, -0.05) is 12.1 Å². The Morgan fingerprint density at radius 2 is 1.70 bits per heavy atom. The third-order valence-electron chi connectivity index (χ3n) is 3.68. The molecule has 0 saturated carbocycles. The Balaban J connectivity index is 1.84. The number of ether oxygens (including phenoxy) is 2. The van der Waals surface area contributed by atoms with Crippen LogP contribution in [-0.2, 0) is 0 Å². The topological polar surface area (TPSA) is 82.3 Å². The largest absolute Gasteiger partial charge is 0.486 e. The van der Waals surface area contributed by atoms with E-state index in [0.29, 0.717) is 19.0 Å². The van der Waals surface area contributed by atoms with Crippen LogP contribution in [0.25, 0.3) is 22.0 Å². The zero-order valence-electron chi connectivity index (χ0n) is 12.0. The van der Waals surface area contributed by atoms with Crippen molar-refractivity contribution < 1.29 is 9.47 Å². The molecule has 3 aromatic rings. The Hall–Kier alpha value is -2.54. The first-order chi connectivity index (χ1) is 11.2. The van der Waals surface area contributed by atoms with Gasteiger partial charge in [-0.3, -0.25) is 0 Å². The first kappa shape index (κ1) is 14.1. The molecule has 3 N–H and O–H groups in total. The van der Waals surface area contributed by atoms with Crippen molar-refractivity contribution in [3.8, 4) is 22.6 Å². The van der Waals surface area contributed by atoms with Crippen molar-refractivity contribution >= 4 is 38.8 Å². The zero-order chi connectivity index (χ0) is 15.8. The Kier molecular flexibility index (Phi) is 3.42. The van der Waals surface area contributed by atoms with Crippen LogP contribution in [0.1, 0.15) is 0 Å². The molecule has 0 unspecified atom stereocenters. The molecule has 1 aliphatic rings. The van der Waals surface area contributed by atoms with Gasteiger partial charge < -0.3 is 19.6 Å². The summed E-state index contributed by atoms with van der Waals surface area (Å²) in [4.78, 5) is 8.44. The quantitative estimate of drug-likeness (QED) is 0.671. The number of benzene rings is 2. The van der Waals surface area contributed by atoms with Gasteiger partial charge in [0.25, 0.3) is 0 Å². The number of anilines is 2. The fourth-order valence-electron chi connectivity index (χ4n) is 2.62. The van der Waals surface area contributed by atoms with Crippen LogP contribution in [0.15, 0.2) is 36.4 Å².